The van der Waals surface area contributed by atoms with Crippen LogP contribution in [0.2, 0.25) is 0 Å². The molecule has 0 aliphatic rings. The molecule has 0 saturated heterocycles. The van der Waals surface area contributed by atoms with Crippen LogP contribution in [0, 0.1) is 0 Å². The Bertz CT molecular complexity index is 1170. The smallest absolute Gasteiger partial charge is 0.416 e. The van der Waals surface area contributed by atoms with Gasteiger partial charge in [0, 0.05) is 26.6 Å². The van der Waals surface area contributed by atoms with Gasteiger partial charge in [-0.25, -0.2) is 8.42 Å². The number of likely N-dealkylation sites (N-methyl/N-ethyl adjacent to an activating group) is 1. The van der Waals surface area contributed by atoms with Crippen LogP contribution in [0.15, 0.2) is 48.5 Å². The van der Waals surface area contributed by atoms with Crippen molar-refractivity contribution in [3.05, 3.63) is 59.7 Å². The van der Waals surface area contributed by atoms with Gasteiger partial charge in [0.25, 0.3) is 0 Å². The Morgan fingerprint density at radius 1 is 1.11 bits per heavy atom. The third-order valence-electron chi connectivity index (χ3n) is 5.76. The molecule has 2 amide bonds. The fourth-order valence-corrected chi connectivity index (χ4v) is 4.81. The number of carbonyl (C=O) groups excluding carboxylic acids is 2. The Morgan fingerprint density at radius 3 is 2.27 bits per heavy atom. The number of rotatable bonds is 12. The molecular weight excluding hydrogens is 511 g/mol. The number of hydrogen-bond acceptors (Lipinski definition) is 5. The minimum atomic E-state index is -4.63. The van der Waals surface area contributed by atoms with Gasteiger partial charge in [-0.1, -0.05) is 25.1 Å². The highest BCUT2D eigenvalue weighted by molar-refractivity contribution is 7.92. The molecule has 1 N–H and O–H groups in total. The van der Waals surface area contributed by atoms with Gasteiger partial charge in [-0.05, 0) is 48.7 Å². The number of methoxy groups -OCH3 is 1. The van der Waals surface area contributed by atoms with Crippen molar-refractivity contribution in [2.75, 3.05) is 31.3 Å². The first kappa shape index (κ1) is 29.9. The molecule has 37 heavy (non-hydrogen) atoms. The fourth-order valence-electron chi connectivity index (χ4n) is 3.86. The monoisotopic (exact) mass is 543 g/mol. The first-order chi connectivity index (χ1) is 17.3. The molecule has 0 saturated carbocycles. The maximum absolute atomic E-state index is 13.2. The van der Waals surface area contributed by atoms with Gasteiger partial charge in [-0.2, -0.15) is 13.2 Å². The SMILES string of the molecule is CC[C@H](C(=O)NC)N(Cc1ccc(OC)cc1)C(=O)CCCN(c1cccc(C(F)(F)F)c1)S(C)(=O)=O. The molecule has 0 aliphatic heterocycles. The third kappa shape index (κ3) is 8.38. The van der Waals surface area contributed by atoms with Crippen molar-refractivity contribution in [1.29, 1.82) is 0 Å². The second-order valence-corrected chi connectivity index (χ2v) is 10.3. The van der Waals surface area contributed by atoms with E-state index < -0.39 is 27.8 Å². The summed E-state index contributed by atoms with van der Waals surface area (Å²) in [6.07, 6.45) is -3.47. The first-order valence-corrected chi connectivity index (χ1v) is 13.5. The number of alkyl halides is 3. The summed E-state index contributed by atoms with van der Waals surface area (Å²) in [5.41, 5.74) is -0.355. The van der Waals surface area contributed by atoms with Gasteiger partial charge in [0.05, 0.1) is 24.6 Å². The lowest BCUT2D eigenvalue weighted by Crippen LogP contribution is -2.48. The van der Waals surface area contributed by atoms with E-state index in [4.69, 9.17) is 4.74 Å². The lowest BCUT2D eigenvalue weighted by Gasteiger charge is -2.31. The van der Waals surface area contributed by atoms with Crippen molar-refractivity contribution >= 4 is 27.5 Å². The van der Waals surface area contributed by atoms with Crippen LogP contribution in [0.5, 0.6) is 5.75 Å². The summed E-state index contributed by atoms with van der Waals surface area (Å²) in [5, 5.41) is 2.56. The molecule has 2 aromatic carbocycles. The van der Waals surface area contributed by atoms with E-state index in [0.29, 0.717) is 12.2 Å². The maximum Gasteiger partial charge on any atom is 0.416 e. The van der Waals surface area contributed by atoms with E-state index in [-0.39, 0.29) is 43.4 Å². The predicted molar refractivity (Wildman–Crippen MR) is 135 cm³/mol. The number of nitrogens with one attached hydrogen (secondary N) is 1. The van der Waals surface area contributed by atoms with Crippen LogP contribution in [0.3, 0.4) is 0 Å². The number of sulfonamides is 1. The molecule has 8 nitrogen and oxygen atoms in total. The van der Waals surface area contributed by atoms with Crippen LogP contribution in [0.25, 0.3) is 0 Å². The van der Waals surface area contributed by atoms with E-state index in [1.165, 1.54) is 25.1 Å². The van der Waals surface area contributed by atoms with Crippen molar-refractivity contribution in [3.8, 4) is 5.75 Å². The Hall–Kier alpha value is -3.28. The summed E-state index contributed by atoms with van der Waals surface area (Å²) in [6, 6.07) is 10.3. The Balaban J connectivity index is 2.23. The van der Waals surface area contributed by atoms with Crippen molar-refractivity contribution < 1.29 is 35.9 Å². The van der Waals surface area contributed by atoms with Crippen LogP contribution in [-0.2, 0) is 32.3 Å². The number of amides is 2. The zero-order valence-corrected chi connectivity index (χ0v) is 22.0. The van der Waals surface area contributed by atoms with Gasteiger partial charge in [0.1, 0.15) is 11.8 Å². The van der Waals surface area contributed by atoms with Gasteiger partial charge >= 0.3 is 6.18 Å². The van der Waals surface area contributed by atoms with Crippen LogP contribution >= 0.6 is 0 Å². The Kier molecular flexibility index (Phi) is 10.4. The topological polar surface area (TPSA) is 96.0 Å². The molecule has 1 atom stereocenters. The summed E-state index contributed by atoms with van der Waals surface area (Å²) in [6.45, 7) is 1.70. The molecule has 0 radical (unpaired) electrons. The zero-order valence-electron chi connectivity index (χ0n) is 21.2. The number of anilines is 1. The number of halogens is 3. The number of hydrogen-bond donors (Lipinski definition) is 1. The molecule has 204 valence electrons. The van der Waals surface area contributed by atoms with Crippen LogP contribution < -0.4 is 14.4 Å². The van der Waals surface area contributed by atoms with Crippen molar-refractivity contribution in [2.45, 2.75) is 44.9 Å². The van der Waals surface area contributed by atoms with Gasteiger partial charge in [-0.15, -0.1) is 0 Å². The highest BCUT2D eigenvalue weighted by Gasteiger charge is 2.32. The fraction of sp³-hybridized carbons (Fsp3) is 0.440. The molecule has 12 heteroatoms. The molecule has 0 aliphatic carbocycles. The quantitative estimate of drug-likeness (QED) is 0.439. The van der Waals surface area contributed by atoms with E-state index in [1.807, 2.05) is 0 Å². The Morgan fingerprint density at radius 2 is 1.76 bits per heavy atom. The minimum Gasteiger partial charge on any atom is -0.497 e. The number of benzene rings is 2. The lowest BCUT2D eigenvalue weighted by molar-refractivity contribution is -0.141. The summed E-state index contributed by atoms with van der Waals surface area (Å²) in [4.78, 5) is 27.2. The summed E-state index contributed by atoms with van der Waals surface area (Å²) in [5.74, 6) is -0.0923. The molecule has 0 heterocycles. The molecule has 2 rings (SSSR count). The maximum atomic E-state index is 13.2. The van der Waals surface area contributed by atoms with Crippen LogP contribution in [0.4, 0.5) is 18.9 Å². The second-order valence-electron chi connectivity index (χ2n) is 8.39. The zero-order chi connectivity index (χ0) is 27.8. The van der Waals surface area contributed by atoms with Crippen molar-refractivity contribution in [1.82, 2.24) is 10.2 Å². The molecule has 0 spiro atoms. The largest absolute Gasteiger partial charge is 0.497 e. The molecule has 0 aromatic heterocycles. The van der Waals surface area contributed by atoms with Gasteiger partial charge in [0.2, 0.25) is 21.8 Å². The van der Waals surface area contributed by atoms with E-state index in [2.05, 4.69) is 5.32 Å². The normalized spacial score (nSPS) is 12.5. The van der Waals surface area contributed by atoms with Crippen molar-refractivity contribution in [3.63, 3.8) is 0 Å². The van der Waals surface area contributed by atoms with Gasteiger partial charge in [0.15, 0.2) is 0 Å². The van der Waals surface area contributed by atoms with Crippen LogP contribution in [-0.4, -0.2) is 58.1 Å². The molecule has 0 unspecified atom stereocenters. The molecular formula is C25H32F3N3O5S. The number of nitrogens with zero attached hydrogens (tertiary/aromatic N) is 2. The molecule has 0 fully saturated rings. The van der Waals surface area contributed by atoms with E-state index >= 15 is 0 Å². The summed E-state index contributed by atoms with van der Waals surface area (Å²) in [7, 11) is -0.924. The average Bonchev–Trinajstić information content (AvgIpc) is 2.85. The lowest BCUT2D eigenvalue weighted by atomic mass is 10.1. The average molecular weight is 544 g/mol. The summed E-state index contributed by atoms with van der Waals surface area (Å²) < 4.78 is 70.2. The van der Waals surface area contributed by atoms with E-state index in [0.717, 1.165) is 34.3 Å². The minimum absolute atomic E-state index is 0.0332. The predicted octanol–water partition coefficient (Wildman–Crippen LogP) is 3.81. The van der Waals surface area contributed by atoms with E-state index in [9.17, 15) is 31.2 Å². The Labute approximate surface area is 215 Å². The number of ether oxygens (including phenoxy) is 1. The second kappa shape index (κ2) is 12.8. The number of carbonyl (C=O) groups is 2. The highest BCUT2D eigenvalue weighted by atomic mass is 32.2. The first-order valence-electron chi connectivity index (χ1n) is 11.6. The van der Waals surface area contributed by atoms with Crippen LogP contribution in [0.1, 0.15) is 37.3 Å². The molecule has 2 aromatic rings. The molecule has 0 bridgehead atoms. The van der Waals surface area contributed by atoms with E-state index in [1.54, 1.807) is 31.2 Å². The standard InChI is InChI=1S/C25H32F3N3O5S/c1-5-22(24(33)29-2)30(17-18-11-13-21(36-3)14-12-18)23(32)10-7-15-31(37(4,34)35)20-9-6-8-19(16-20)25(26,27)28/h6,8-9,11-14,16,22H,5,7,10,15,17H2,1-4H3,(H,29,33)/t22-/m1/s1. The van der Waals surface area contributed by atoms with Gasteiger partial charge < -0.3 is 15.0 Å². The van der Waals surface area contributed by atoms with Gasteiger partial charge in [-0.3, -0.25) is 13.9 Å². The summed E-state index contributed by atoms with van der Waals surface area (Å²) >= 11 is 0. The van der Waals surface area contributed by atoms with Crippen molar-refractivity contribution in [2.24, 2.45) is 0 Å². The highest BCUT2D eigenvalue weighted by Crippen LogP contribution is 2.32. The third-order valence-corrected chi connectivity index (χ3v) is 6.95.